The first kappa shape index (κ1) is 22.6. The second kappa shape index (κ2) is 8.69. The van der Waals surface area contributed by atoms with Gasteiger partial charge < -0.3 is 14.4 Å². The van der Waals surface area contributed by atoms with Crippen LogP contribution >= 0.6 is 0 Å². The monoisotopic (exact) mass is 488 g/mol. The molecular weight excluding hydrogens is 462 g/mol. The zero-order valence-electron chi connectivity index (χ0n) is 20.0. The first-order valence-electron chi connectivity index (χ1n) is 12.4. The molecule has 4 aromatic rings. The third-order valence-electron chi connectivity index (χ3n) is 7.41. The van der Waals surface area contributed by atoms with E-state index in [1.807, 2.05) is 6.07 Å². The lowest BCUT2D eigenvalue weighted by atomic mass is 10.1. The van der Waals surface area contributed by atoms with Crippen molar-refractivity contribution in [2.75, 3.05) is 36.0 Å². The molecule has 3 heterocycles. The number of nitrogens with zero attached hydrogens (tertiary/aromatic N) is 4. The lowest BCUT2D eigenvalue weighted by Crippen LogP contribution is -2.47. The molecule has 36 heavy (non-hydrogen) atoms. The SMILES string of the molecule is CCc1ccc2c(N3CCN(c4c(F)cc5c(=O)c(C=O)cn(C6CC6)c5c4F)CC3)ccnc2c1. The number of piperazine rings is 1. The molecule has 1 aliphatic carbocycles. The van der Waals surface area contributed by atoms with E-state index in [1.165, 1.54) is 11.8 Å². The smallest absolute Gasteiger partial charge is 0.200 e. The van der Waals surface area contributed by atoms with E-state index in [4.69, 9.17) is 0 Å². The first-order valence-corrected chi connectivity index (χ1v) is 12.4. The average Bonchev–Trinajstić information content (AvgIpc) is 3.74. The molecule has 2 aromatic heterocycles. The number of hydrogen-bond acceptors (Lipinski definition) is 5. The lowest BCUT2D eigenvalue weighted by molar-refractivity contribution is 0.112. The Labute approximate surface area is 206 Å². The quantitative estimate of drug-likeness (QED) is 0.376. The van der Waals surface area contributed by atoms with Gasteiger partial charge in [-0.3, -0.25) is 14.6 Å². The molecule has 0 spiro atoms. The Morgan fingerprint density at radius 1 is 1.03 bits per heavy atom. The van der Waals surface area contributed by atoms with Gasteiger partial charge in [0.15, 0.2) is 17.5 Å². The number of carbonyl (C=O) groups excluding carboxylic acids is 1. The number of aldehydes is 1. The van der Waals surface area contributed by atoms with Crippen LogP contribution in [-0.4, -0.2) is 42.0 Å². The summed E-state index contributed by atoms with van der Waals surface area (Å²) in [5.74, 6) is -1.52. The zero-order chi connectivity index (χ0) is 25.0. The Balaban J connectivity index is 1.34. The Bertz CT molecular complexity index is 1570. The number of pyridine rings is 2. The van der Waals surface area contributed by atoms with E-state index in [-0.39, 0.29) is 28.2 Å². The van der Waals surface area contributed by atoms with Crippen LogP contribution in [0.3, 0.4) is 0 Å². The highest BCUT2D eigenvalue weighted by Crippen LogP contribution is 2.40. The van der Waals surface area contributed by atoms with Crippen molar-refractivity contribution in [1.29, 1.82) is 0 Å². The first-order chi connectivity index (χ1) is 17.5. The number of aromatic nitrogens is 2. The average molecular weight is 489 g/mol. The minimum absolute atomic E-state index is 0.0182. The van der Waals surface area contributed by atoms with E-state index >= 15 is 8.78 Å². The molecule has 0 N–H and O–H groups in total. The molecule has 0 atom stereocenters. The summed E-state index contributed by atoms with van der Waals surface area (Å²) in [7, 11) is 0. The molecular formula is C28H26F2N4O2. The molecule has 0 unspecified atom stereocenters. The molecule has 6 rings (SSSR count). The van der Waals surface area contributed by atoms with Crippen molar-refractivity contribution in [3.8, 4) is 0 Å². The van der Waals surface area contributed by atoms with Crippen LogP contribution in [0, 0.1) is 11.6 Å². The summed E-state index contributed by atoms with van der Waals surface area (Å²) < 4.78 is 32.9. The predicted octanol–water partition coefficient (Wildman–Crippen LogP) is 4.86. The molecule has 6 nitrogen and oxygen atoms in total. The summed E-state index contributed by atoms with van der Waals surface area (Å²) in [5.41, 5.74) is 2.48. The van der Waals surface area contributed by atoms with Gasteiger partial charge in [-0.2, -0.15) is 0 Å². The van der Waals surface area contributed by atoms with Crippen molar-refractivity contribution in [3.63, 3.8) is 0 Å². The van der Waals surface area contributed by atoms with Gasteiger partial charge in [0.25, 0.3) is 0 Å². The summed E-state index contributed by atoms with van der Waals surface area (Å²) in [5, 5.41) is 0.976. The van der Waals surface area contributed by atoms with E-state index in [0.717, 1.165) is 41.9 Å². The molecule has 0 radical (unpaired) electrons. The number of rotatable bonds is 5. The summed E-state index contributed by atoms with van der Waals surface area (Å²) in [6.45, 7) is 4.14. The van der Waals surface area contributed by atoms with Crippen LogP contribution in [0.1, 0.15) is 41.7 Å². The number of aryl methyl sites for hydroxylation is 1. The number of carbonyl (C=O) groups is 1. The minimum atomic E-state index is -0.780. The highest BCUT2D eigenvalue weighted by molar-refractivity contribution is 5.92. The maximum Gasteiger partial charge on any atom is 0.200 e. The fraction of sp³-hybridized carbons (Fsp3) is 0.321. The molecule has 8 heteroatoms. The molecule has 0 bridgehead atoms. The van der Waals surface area contributed by atoms with Crippen LogP contribution in [0.15, 0.2) is 47.5 Å². The Kier molecular flexibility index (Phi) is 5.47. The predicted molar refractivity (Wildman–Crippen MR) is 137 cm³/mol. The Morgan fingerprint density at radius 3 is 2.47 bits per heavy atom. The molecule has 1 aliphatic heterocycles. The summed E-state index contributed by atoms with van der Waals surface area (Å²) in [6.07, 6.45) is 6.28. The summed E-state index contributed by atoms with van der Waals surface area (Å²) in [4.78, 5) is 32.5. The number of hydrogen-bond donors (Lipinski definition) is 0. The highest BCUT2D eigenvalue weighted by Gasteiger charge is 2.31. The topological polar surface area (TPSA) is 58.4 Å². The van der Waals surface area contributed by atoms with E-state index in [0.29, 0.717) is 32.5 Å². The van der Waals surface area contributed by atoms with Gasteiger partial charge in [0, 0.05) is 55.7 Å². The van der Waals surface area contributed by atoms with Gasteiger partial charge in [0.2, 0.25) is 0 Å². The van der Waals surface area contributed by atoms with Crippen molar-refractivity contribution in [2.45, 2.75) is 32.2 Å². The zero-order valence-corrected chi connectivity index (χ0v) is 20.0. The fourth-order valence-corrected chi connectivity index (χ4v) is 5.31. The standard InChI is InChI=1S/C28H26F2N4O2/c1-2-17-3-6-20-23(13-17)31-8-7-24(20)32-9-11-33(12-10-32)27-22(29)14-21-26(25(27)30)34(19-4-5-19)15-18(16-35)28(21)36/h3,6-8,13-16,19H,2,4-5,9-12H2,1H3. The van der Waals surface area contributed by atoms with Crippen molar-refractivity contribution < 1.29 is 13.6 Å². The van der Waals surface area contributed by atoms with Crippen LogP contribution in [0.4, 0.5) is 20.2 Å². The summed E-state index contributed by atoms with van der Waals surface area (Å²) >= 11 is 0. The van der Waals surface area contributed by atoms with Crippen molar-refractivity contribution in [1.82, 2.24) is 9.55 Å². The van der Waals surface area contributed by atoms with Crippen molar-refractivity contribution >= 4 is 39.5 Å². The number of anilines is 2. The molecule has 1 saturated carbocycles. The molecule has 2 aliphatic rings. The van der Waals surface area contributed by atoms with Crippen LogP contribution in [-0.2, 0) is 6.42 Å². The highest BCUT2D eigenvalue weighted by atomic mass is 19.1. The number of benzene rings is 2. The summed E-state index contributed by atoms with van der Waals surface area (Å²) in [6, 6.07) is 9.40. The van der Waals surface area contributed by atoms with Crippen LogP contribution in [0.2, 0.25) is 0 Å². The minimum Gasteiger partial charge on any atom is -0.367 e. The second-order valence-corrected chi connectivity index (χ2v) is 9.60. The Hall–Kier alpha value is -3.81. The largest absolute Gasteiger partial charge is 0.367 e. The normalized spacial score (nSPS) is 16.2. The van der Waals surface area contributed by atoms with Gasteiger partial charge in [0.1, 0.15) is 11.5 Å². The molecule has 0 amide bonds. The van der Waals surface area contributed by atoms with E-state index in [9.17, 15) is 9.59 Å². The maximum absolute atomic E-state index is 15.9. The van der Waals surface area contributed by atoms with Gasteiger partial charge >= 0.3 is 0 Å². The molecule has 2 aromatic carbocycles. The van der Waals surface area contributed by atoms with Gasteiger partial charge in [0.05, 0.1) is 22.0 Å². The number of fused-ring (bicyclic) bond motifs is 2. The van der Waals surface area contributed by atoms with Crippen molar-refractivity contribution in [2.24, 2.45) is 0 Å². The van der Waals surface area contributed by atoms with E-state index in [2.05, 4.69) is 35.0 Å². The van der Waals surface area contributed by atoms with Gasteiger partial charge in [-0.25, -0.2) is 8.78 Å². The molecule has 2 fully saturated rings. The van der Waals surface area contributed by atoms with E-state index in [1.54, 1.807) is 15.7 Å². The molecule has 184 valence electrons. The maximum atomic E-state index is 15.9. The van der Waals surface area contributed by atoms with Gasteiger partial charge in [-0.1, -0.05) is 19.1 Å². The van der Waals surface area contributed by atoms with Gasteiger partial charge in [-0.05, 0) is 43.0 Å². The Morgan fingerprint density at radius 2 is 1.78 bits per heavy atom. The third-order valence-corrected chi connectivity index (χ3v) is 7.41. The van der Waals surface area contributed by atoms with Crippen LogP contribution < -0.4 is 15.2 Å². The van der Waals surface area contributed by atoms with Crippen LogP contribution in [0.5, 0.6) is 0 Å². The lowest BCUT2D eigenvalue weighted by Gasteiger charge is -2.38. The second-order valence-electron chi connectivity index (χ2n) is 9.60. The van der Waals surface area contributed by atoms with E-state index < -0.39 is 17.1 Å². The molecule has 1 saturated heterocycles. The fourth-order valence-electron chi connectivity index (χ4n) is 5.31. The van der Waals surface area contributed by atoms with Gasteiger partial charge in [-0.15, -0.1) is 0 Å². The van der Waals surface area contributed by atoms with Crippen LogP contribution in [0.25, 0.3) is 21.8 Å². The van der Waals surface area contributed by atoms with Crippen molar-refractivity contribution in [3.05, 3.63) is 75.7 Å². The number of halogens is 2. The third kappa shape index (κ3) is 3.63.